The number of nitrogens with zero attached hydrogens (tertiary/aromatic N) is 7. The average Bonchev–Trinajstić information content (AvgIpc) is 2.99. The van der Waals surface area contributed by atoms with Crippen LogP contribution in [0.25, 0.3) is 5.95 Å². The number of likely N-dealkylation sites (N-methyl/N-ethyl adjacent to an activating group) is 1. The van der Waals surface area contributed by atoms with Crippen LogP contribution < -0.4 is 5.32 Å². The molecule has 0 amide bonds. The molecule has 21 heavy (non-hydrogen) atoms. The first-order valence-corrected chi connectivity index (χ1v) is 6.75. The van der Waals surface area contributed by atoms with Crippen molar-refractivity contribution in [2.24, 2.45) is 0 Å². The van der Waals surface area contributed by atoms with Gasteiger partial charge in [-0.2, -0.15) is 24.7 Å². The maximum atomic E-state index is 5.89. The highest BCUT2D eigenvalue weighted by Crippen LogP contribution is 2.08. The summed E-state index contributed by atoms with van der Waals surface area (Å²) in [6.45, 7) is 3.06. The van der Waals surface area contributed by atoms with Crippen LogP contribution in [-0.4, -0.2) is 75.0 Å². The average molecular weight is 313 g/mol. The van der Waals surface area contributed by atoms with Gasteiger partial charge in [0.1, 0.15) is 12.7 Å². The van der Waals surface area contributed by atoms with E-state index in [9.17, 15) is 0 Å². The van der Waals surface area contributed by atoms with E-state index in [4.69, 9.17) is 16.3 Å². The minimum absolute atomic E-state index is 0.103. The molecule has 0 atom stereocenters. The first-order valence-electron chi connectivity index (χ1n) is 6.37. The summed E-state index contributed by atoms with van der Waals surface area (Å²) in [4.78, 5) is 18.2. The van der Waals surface area contributed by atoms with Gasteiger partial charge < -0.3 is 15.0 Å². The van der Waals surface area contributed by atoms with Crippen molar-refractivity contribution < 1.29 is 4.74 Å². The number of anilines is 1. The quantitative estimate of drug-likeness (QED) is 0.733. The summed E-state index contributed by atoms with van der Waals surface area (Å²) in [7, 11) is 3.70. The number of methoxy groups -OCH3 is 1. The predicted molar refractivity (Wildman–Crippen MR) is 77.6 cm³/mol. The van der Waals surface area contributed by atoms with Crippen molar-refractivity contribution in [2.75, 3.05) is 45.7 Å². The number of hydrogen-bond donors (Lipinski definition) is 1. The molecule has 0 aliphatic heterocycles. The van der Waals surface area contributed by atoms with Crippen molar-refractivity contribution in [1.29, 1.82) is 0 Å². The van der Waals surface area contributed by atoms with E-state index >= 15 is 0 Å². The summed E-state index contributed by atoms with van der Waals surface area (Å²) in [6.07, 6.45) is 2.89. The van der Waals surface area contributed by atoms with E-state index in [-0.39, 0.29) is 5.28 Å². The number of hydrogen-bond acceptors (Lipinski definition) is 8. The Kier molecular flexibility index (Phi) is 5.78. The smallest absolute Gasteiger partial charge is 0.258 e. The molecule has 0 spiro atoms. The Bertz CT molecular complexity index is 549. The van der Waals surface area contributed by atoms with Crippen LogP contribution >= 0.6 is 11.6 Å². The van der Waals surface area contributed by atoms with Gasteiger partial charge in [-0.25, -0.2) is 4.98 Å². The normalized spacial score (nSPS) is 11.0. The third-order valence-corrected chi connectivity index (χ3v) is 2.84. The molecule has 0 radical (unpaired) electrons. The Morgan fingerprint density at radius 2 is 2.19 bits per heavy atom. The number of halogens is 1. The van der Waals surface area contributed by atoms with Gasteiger partial charge in [0.2, 0.25) is 11.2 Å². The van der Waals surface area contributed by atoms with Crippen molar-refractivity contribution >= 4 is 17.5 Å². The zero-order valence-electron chi connectivity index (χ0n) is 11.9. The second-order valence-corrected chi connectivity index (χ2v) is 4.63. The molecule has 0 aliphatic rings. The van der Waals surface area contributed by atoms with Gasteiger partial charge in [0.25, 0.3) is 5.95 Å². The zero-order valence-corrected chi connectivity index (χ0v) is 12.7. The second-order valence-electron chi connectivity index (χ2n) is 4.29. The Morgan fingerprint density at radius 1 is 1.33 bits per heavy atom. The van der Waals surface area contributed by atoms with Crippen LogP contribution in [0, 0.1) is 0 Å². The molecular weight excluding hydrogens is 296 g/mol. The molecule has 0 unspecified atom stereocenters. The number of rotatable bonds is 8. The maximum absolute atomic E-state index is 5.89. The van der Waals surface area contributed by atoms with Crippen LogP contribution in [0.1, 0.15) is 0 Å². The van der Waals surface area contributed by atoms with Gasteiger partial charge in [-0.05, 0) is 18.6 Å². The van der Waals surface area contributed by atoms with E-state index in [0.29, 0.717) is 25.0 Å². The van der Waals surface area contributed by atoms with Gasteiger partial charge in [-0.15, -0.1) is 0 Å². The molecule has 2 aromatic heterocycles. The molecule has 0 saturated carbocycles. The van der Waals surface area contributed by atoms with E-state index in [1.807, 2.05) is 7.05 Å². The van der Waals surface area contributed by atoms with E-state index < -0.39 is 0 Å². The van der Waals surface area contributed by atoms with Crippen molar-refractivity contribution in [3.05, 3.63) is 17.9 Å². The summed E-state index contributed by atoms with van der Waals surface area (Å²) in [5.74, 6) is 0.725. The highest BCUT2D eigenvalue weighted by molar-refractivity contribution is 6.28. The Morgan fingerprint density at radius 3 is 2.90 bits per heavy atom. The van der Waals surface area contributed by atoms with Gasteiger partial charge in [0, 0.05) is 26.7 Å². The molecule has 2 rings (SSSR count). The first-order chi connectivity index (χ1) is 10.2. The largest absolute Gasteiger partial charge is 0.383 e. The third kappa shape index (κ3) is 4.88. The second kappa shape index (κ2) is 7.81. The summed E-state index contributed by atoms with van der Waals surface area (Å²) in [5.41, 5.74) is 0. The van der Waals surface area contributed by atoms with Crippen molar-refractivity contribution in [3.63, 3.8) is 0 Å². The third-order valence-electron chi connectivity index (χ3n) is 2.67. The van der Waals surface area contributed by atoms with Crippen molar-refractivity contribution in [2.45, 2.75) is 0 Å². The van der Waals surface area contributed by atoms with Gasteiger partial charge in [0.05, 0.1) is 6.61 Å². The Balaban J connectivity index is 1.91. The molecular formula is C11H17ClN8O. The summed E-state index contributed by atoms with van der Waals surface area (Å²) in [5, 5.41) is 7.16. The van der Waals surface area contributed by atoms with E-state index in [0.717, 1.165) is 13.1 Å². The van der Waals surface area contributed by atoms with E-state index in [2.05, 4.69) is 35.3 Å². The molecule has 2 heterocycles. The van der Waals surface area contributed by atoms with Crippen molar-refractivity contribution in [1.82, 2.24) is 34.6 Å². The molecule has 0 bridgehead atoms. The molecule has 10 heteroatoms. The fourth-order valence-electron chi connectivity index (χ4n) is 1.55. The van der Waals surface area contributed by atoms with Gasteiger partial charge in [-0.3, -0.25) is 0 Å². The van der Waals surface area contributed by atoms with Gasteiger partial charge in [0.15, 0.2) is 0 Å². The van der Waals surface area contributed by atoms with Crippen LogP contribution in [0.5, 0.6) is 0 Å². The summed E-state index contributed by atoms with van der Waals surface area (Å²) in [6, 6.07) is 0. The van der Waals surface area contributed by atoms with Gasteiger partial charge in [-0.1, -0.05) is 0 Å². The maximum Gasteiger partial charge on any atom is 0.258 e. The Hall–Kier alpha value is -1.84. The fourth-order valence-corrected chi connectivity index (χ4v) is 1.71. The Labute approximate surface area is 127 Å². The first kappa shape index (κ1) is 15.5. The molecule has 1 N–H and O–H groups in total. The predicted octanol–water partition coefficient (Wildman–Crippen LogP) is 0.0958. The minimum atomic E-state index is 0.103. The highest BCUT2D eigenvalue weighted by Gasteiger charge is 2.07. The number of ether oxygens (including phenoxy) is 1. The minimum Gasteiger partial charge on any atom is -0.383 e. The number of nitrogens with one attached hydrogen (secondary N) is 1. The summed E-state index contributed by atoms with van der Waals surface area (Å²) < 4.78 is 6.44. The van der Waals surface area contributed by atoms with Crippen molar-refractivity contribution in [3.8, 4) is 5.95 Å². The van der Waals surface area contributed by atoms with Crippen LogP contribution in [-0.2, 0) is 4.74 Å². The van der Waals surface area contributed by atoms with Gasteiger partial charge >= 0.3 is 0 Å². The molecule has 0 aliphatic carbocycles. The lowest BCUT2D eigenvalue weighted by molar-refractivity contribution is 0.163. The van der Waals surface area contributed by atoms with Crippen LogP contribution in [0.2, 0.25) is 5.28 Å². The van der Waals surface area contributed by atoms with E-state index in [1.165, 1.54) is 17.3 Å². The topological polar surface area (TPSA) is 93.9 Å². The lowest BCUT2D eigenvalue weighted by Gasteiger charge is -2.16. The molecule has 9 nitrogen and oxygen atoms in total. The molecule has 114 valence electrons. The molecule has 0 aromatic carbocycles. The van der Waals surface area contributed by atoms with Crippen LogP contribution in [0.15, 0.2) is 12.7 Å². The molecule has 2 aromatic rings. The lowest BCUT2D eigenvalue weighted by atomic mass is 10.5. The summed E-state index contributed by atoms with van der Waals surface area (Å²) >= 11 is 5.89. The van der Waals surface area contributed by atoms with Crippen LogP contribution in [0.3, 0.4) is 0 Å². The fraction of sp³-hybridized carbons (Fsp3) is 0.545. The number of aromatic nitrogens is 6. The van der Waals surface area contributed by atoms with E-state index in [1.54, 1.807) is 7.11 Å². The zero-order chi connectivity index (χ0) is 15.1. The highest BCUT2D eigenvalue weighted by atomic mass is 35.5. The molecule has 0 fully saturated rings. The van der Waals surface area contributed by atoms with Crippen LogP contribution in [0.4, 0.5) is 5.95 Å². The standard InChI is InChI=1S/C11H17ClN8O/c1-19(5-6-21-2)4-3-14-10-16-9(12)17-11(18-10)20-8-13-7-15-20/h7-8H,3-6H2,1-2H3,(H,14,16,17,18). The lowest BCUT2D eigenvalue weighted by Crippen LogP contribution is -2.28. The molecule has 0 saturated heterocycles. The monoisotopic (exact) mass is 312 g/mol. The SMILES string of the molecule is COCCN(C)CCNc1nc(Cl)nc(-n2cncn2)n1.